The van der Waals surface area contributed by atoms with Gasteiger partial charge in [-0.2, -0.15) is 4.73 Å². The van der Waals surface area contributed by atoms with E-state index in [4.69, 9.17) is 11.6 Å². The zero-order chi connectivity index (χ0) is 25.9. The number of carbonyl (C=O) groups excluding carboxylic acids is 1. The van der Waals surface area contributed by atoms with Gasteiger partial charge in [-0.15, -0.1) is 0 Å². The van der Waals surface area contributed by atoms with E-state index in [1.807, 2.05) is 39.8 Å². The van der Waals surface area contributed by atoms with E-state index in [-0.39, 0.29) is 5.91 Å². The first kappa shape index (κ1) is 25.7. The van der Waals surface area contributed by atoms with Gasteiger partial charge in [0, 0.05) is 61.8 Å². The topological polar surface area (TPSA) is 101 Å². The van der Waals surface area contributed by atoms with Gasteiger partial charge < -0.3 is 24.9 Å². The molecule has 2 atom stereocenters. The molecule has 2 aliphatic rings. The van der Waals surface area contributed by atoms with Crippen molar-refractivity contribution in [1.29, 1.82) is 0 Å². The van der Waals surface area contributed by atoms with E-state index in [9.17, 15) is 15.0 Å². The number of nitrogens with zero attached hydrogens (tertiary/aromatic N) is 5. The summed E-state index contributed by atoms with van der Waals surface area (Å²) in [7, 11) is -0.671. The maximum absolute atomic E-state index is 13.6. The van der Waals surface area contributed by atoms with Crippen LogP contribution in [-0.2, 0) is 24.2 Å². The number of benzene rings is 1. The maximum Gasteiger partial charge on any atom is 0.376 e. The second kappa shape index (κ2) is 11.2. The Balaban J connectivity index is 1.47. The highest BCUT2D eigenvalue weighted by molar-refractivity contribution is 6.45. The molecule has 1 saturated heterocycles. The summed E-state index contributed by atoms with van der Waals surface area (Å²) in [5.74, 6) is -0.106. The first-order chi connectivity index (χ1) is 17.9. The van der Waals surface area contributed by atoms with Gasteiger partial charge in [0.1, 0.15) is 12.1 Å². The summed E-state index contributed by atoms with van der Waals surface area (Å²) in [6.45, 7) is 4.48. The molecule has 0 radical (unpaired) electrons. The average Bonchev–Trinajstić information content (AvgIpc) is 3.35. The molecule has 0 saturated carbocycles. The van der Waals surface area contributed by atoms with Crippen LogP contribution in [0.4, 0.5) is 0 Å². The Kier molecular flexibility index (Phi) is 7.80. The van der Waals surface area contributed by atoms with E-state index in [1.165, 1.54) is 6.20 Å². The third-order valence-electron chi connectivity index (χ3n) is 7.48. The van der Waals surface area contributed by atoms with Crippen molar-refractivity contribution in [2.24, 2.45) is 0 Å². The number of hydrogen-bond acceptors (Lipinski definition) is 6. The highest BCUT2D eigenvalue weighted by Crippen LogP contribution is 2.38. The third-order valence-corrected chi connectivity index (χ3v) is 7.71. The Labute approximate surface area is 222 Å². The van der Waals surface area contributed by atoms with Crippen molar-refractivity contribution in [3.63, 3.8) is 0 Å². The minimum Gasteiger partial charge on any atom is -0.618 e. The third kappa shape index (κ3) is 5.52. The number of nitrogens with one attached hydrogen (secondary N) is 1. The van der Waals surface area contributed by atoms with Crippen LogP contribution in [0.2, 0.25) is 11.8 Å². The Bertz CT molecular complexity index is 1240. The predicted molar refractivity (Wildman–Crippen MR) is 142 cm³/mol. The molecular formula is C26H32BClN6O3. The largest absolute Gasteiger partial charge is 0.618 e. The molecule has 1 unspecified atom stereocenters. The van der Waals surface area contributed by atoms with Gasteiger partial charge in [-0.25, -0.2) is 4.98 Å². The number of aromatic nitrogens is 3. The van der Waals surface area contributed by atoms with Crippen LogP contribution in [-0.4, -0.2) is 69.5 Å². The predicted octanol–water partition coefficient (Wildman–Crippen LogP) is 1.66. The molecule has 1 aromatic carbocycles. The smallest absolute Gasteiger partial charge is 0.376 e. The molecule has 2 aromatic heterocycles. The number of fused-ring (bicyclic) bond motifs is 2. The second-order valence-corrected chi connectivity index (χ2v) is 10.3. The molecule has 3 aromatic rings. The lowest BCUT2D eigenvalue weighted by molar-refractivity contribution is -0.617. The molecule has 11 heteroatoms. The molecule has 2 N–H and O–H groups in total. The summed E-state index contributed by atoms with van der Waals surface area (Å²) in [5.41, 5.74) is 3.73. The number of pyridine rings is 1. The number of aryl methyl sites for hydroxylation is 3. The van der Waals surface area contributed by atoms with Crippen molar-refractivity contribution in [2.45, 2.75) is 44.7 Å². The number of piperazine rings is 1. The van der Waals surface area contributed by atoms with Crippen molar-refractivity contribution >= 4 is 24.6 Å². The van der Waals surface area contributed by atoms with Gasteiger partial charge in [-0.05, 0) is 55.4 Å². The van der Waals surface area contributed by atoms with Crippen molar-refractivity contribution < 1.29 is 14.5 Å². The number of imidazole rings is 1. The lowest BCUT2D eigenvalue weighted by atomic mass is 9.82. The maximum atomic E-state index is 13.6. The molecule has 1 fully saturated rings. The number of carbonyl (C=O) groups is 1. The van der Waals surface area contributed by atoms with Crippen LogP contribution in [0, 0.1) is 5.21 Å². The van der Waals surface area contributed by atoms with Gasteiger partial charge in [0.25, 0.3) is 0 Å². The zero-order valence-corrected chi connectivity index (χ0v) is 21.7. The summed E-state index contributed by atoms with van der Waals surface area (Å²) in [5, 5.41) is 27.3. The van der Waals surface area contributed by atoms with Crippen LogP contribution in [0.15, 0.2) is 55.2 Å². The number of halogens is 1. The van der Waals surface area contributed by atoms with Gasteiger partial charge in [0.05, 0.1) is 6.33 Å². The first-order valence-electron chi connectivity index (χ1n) is 12.8. The lowest BCUT2D eigenvalue weighted by Gasteiger charge is -2.44. The van der Waals surface area contributed by atoms with Crippen molar-refractivity contribution in [2.75, 3.05) is 26.2 Å². The molecule has 1 aliphatic heterocycles. The second-order valence-electron chi connectivity index (χ2n) is 9.82. The summed E-state index contributed by atoms with van der Waals surface area (Å²) in [6, 6.07) is 8.66. The fourth-order valence-corrected chi connectivity index (χ4v) is 5.77. The summed E-state index contributed by atoms with van der Waals surface area (Å²) in [6.07, 6.45) is 9.18. The molecule has 0 spiro atoms. The van der Waals surface area contributed by atoms with Crippen molar-refractivity contribution in [3.8, 4) is 0 Å². The molecule has 1 aliphatic carbocycles. The molecule has 9 nitrogen and oxygen atoms in total. The molecular weight excluding hydrogens is 491 g/mol. The van der Waals surface area contributed by atoms with Crippen LogP contribution in [0.1, 0.15) is 34.8 Å². The van der Waals surface area contributed by atoms with Gasteiger partial charge in [0.2, 0.25) is 11.6 Å². The molecule has 1 amide bonds. The standard InChI is InChI=1S/C26H32BClN6O3/c1-27(36)32-14-15-33(23(17-32)26(35)30-9-3-11-31-13-10-29-18-31)25-22-8-7-21(28)16-20(22)6-5-19-4-2-12-34(37)24(19)25/h2,4,7-8,10,12-13,16,18,23,25,36H,3,5-6,9,11,14-15,17H2,1H3,(H,30,35)/t23-,25?/m1/s1. The average molecular weight is 523 g/mol. The van der Waals surface area contributed by atoms with E-state index in [0.29, 0.717) is 36.9 Å². The molecule has 37 heavy (non-hydrogen) atoms. The van der Waals surface area contributed by atoms with Crippen LogP contribution in [0.25, 0.3) is 0 Å². The Morgan fingerprint density at radius 2 is 2.14 bits per heavy atom. The summed E-state index contributed by atoms with van der Waals surface area (Å²) in [4.78, 5) is 21.7. The summed E-state index contributed by atoms with van der Waals surface area (Å²) < 4.78 is 2.93. The first-order valence-corrected chi connectivity index (χ1v) is 13.2. The Morgan fingerprint density at radius 1 is 1.30 bits per heavy atom. The van der Waals surface area contributed by atoms with Gasteiger partial charge >= 0.3 is 7.05 Å². The Hall–Kier alpha value is -2.92. The van der Waals surface area contributed by atoms with Crippen LogP contribution in [0.5, 0.6) is 0 Å². The van der Waals surface area contributed by atoms with Crippen LogP contribution < -0.4 is 10.0 Å². The summed E-state index contributed by atoms with van der Waals surface area (Å²) >= 11 is 6.36. The number of hydrogen-bond donors (Lipinski definition) is 2. The normalized spacial score (nSPS) is 20.1. The van der Waals surface area contributed by atoms with Crippen LogP contribution in [0.3, 0.4) is 0 Å². The fourth-order valence-electron chi connectivity index (χ4n) is 5.57. The molecule has 5 rings (SSSR count). The van der Waals surface area contributed by atoms with E-state index >= 15 is 0 Å². The highest BCUT2D eigenvalue weighted by Gasteiger charge is 2.43. The van der Waals surface area contributed by atoms with Gasteiger partial charge in [-0.3, -0.25) is 9.69 Å². The number of rotatable bonds is 7. The molecule has 194 valence electrons. The van der Waals surface area contributed by atoms with Crippen molar-refractivity contribution in [3.05, 3.63) is 87.9 Å². The molecule has 3 heterocycles. The minimum absolute atomic E-state index is 0.106. The van der Waals surface area contributed by atoms with E-state index in [0.717, 1.165) is 47.2 Å². The van der Waals surface area contributed by atoms with Crippen LogP contribution >= 0.6 is 11.6 Å². The van der Waals surface area contributed by atoms with Gasteiger partial charge in [0.15, 0.2) is 6.20 Å². The van der Waals surface area contributed by atoms with Gasteiger partial charge in [-0.1, -0.05) is 17.7 Å². The monoisotopic (exact) mass is 522 g/mol. The quantitative estimate of drug-likeness (QED) is 0.212. The number of amides is 1. The Morgan fingerprint density at radius 3 is 2.92 bits per heavy atom. The van der Waals surface area contributed by atoms with E-state index < -0.39 is 19.1 Å². The van der Waals surface area contributed by atoms with E-state index in [2.05, 4.69) is 15.2 Å². The molecule has 0 bridgehead atoms. The minimum atomic E-state index is -0.671. The SMILES string of the molecule is CB(O)N1CCN(C2c3ccc(Cl)cc3CCc3ccc[n+]([O-])c32)[C@@H](C(=O)NCCCn2ccnc2)C1. The van der Waals surface area contributed by atoms with E-state index in [1.54, 1.807) is 25.4 Å². The highest BCUT2D eigenvalue weighted by atomic mass is 35.5. The fraction of sp³-hybridized carbons (Fsp3) is 0.423. The lowest BCUT2D eigenvalue weighted by Crippen LogP contribution is -2.63. The zero-order valence-electron chi connectivity index (χ0n) is 21.0. The van der Waals surface area contributed by atoms with Crippen molar-refractivity contribution in [1.82, 2.24) is 24.6 Å².